The molecule has 1 aliphatic rings. The molecular formula is C15H19F3N6. The minimum absolute atomic E-state index is 0.0323. The Labute approximate surface area is 137 Å². The molecule has 0 saturated carbocycles. The lowest BCUT2D eigenvalue weighted by molar-refractivity contribution is 0.150. The van der Waals surface area contributed by atoms with Gasteiger partial charge >= 0.3 is 0 Å². The smallest absolute Gasteiger partial charge is 0.266 e. The van der Waals surface area contributed by atoms with Crippen LogP contribution in [0.2, 0.25) is 0 Å². The maximum Gasteiger partial charge on any atom is 0.266 e. The van der Waals surface area contributed by atoms with Gasteiger partial charge in [-0.15, -0.1) is 0 Å². The molecule has 3 heterocycles. The number of hydrogen-bond donors (Lipinski definition) is 1. The van der Waals surface area contributed by atoms with Crippen LogP contribution in [0.25, 0.3) is 0 Å². The average molecular weight is 340 g/mol. The van der Waals surface area contributed by atoms with Crippen LogP contribution in [0.1, 0.15) is 24.2 Å². The van der Waals surface area contributed by atoms with E-state index in [2.05, 4.69) is 20.3 Å². The van der Waals surface area contributed by atoms with Crippen LogP contribution in [0.5, 0.6) is 0 Å². The van der Waals surface area contributed by atoms with Crippen molar-refractivity contribution in [3.63, 3.8) is 0 Å². The standard InChI is InChI=1S/C15H19F3N6/c1-23-3-2-19-13(23)9-24-8-11(16)4-12(24)7-22-15-20-5-10(6-21-15)14(17)18/h2-3,5-6,11-12,14H,4,7-9H2,1H3,(H,20,21,22)/t11-,12-/m0/s1. The van der Waals surface area contributed by atoms with Crippen LogP contribution in [-0.2, 0) is 13.6 Å². The van der Waals surface area contributed by atoms with Gasteiger partial charge < -0.3 is 9.88 Å². The third-order valence-electron chi connectivity index (χ3n) is 4.16. The van der Waals surface area contributed by atoms with Crippen molar-refractivity contribution in [2.75, 3.05) is 18.4 Å². The van der Waals surface area contributed by atoms with Gasteiger partial charge in [-0.1, -0.05) is 0 Å². The summed E-state index contributed by atoms with van der Waals surface area (Å²) in [5, 5.41) is 2.99. The highest BCUT2D eigenvalue weighted by molar-refractivity contribution is 5.25. The fourth-order valence-electron chi connectivity index (χ4n) is 2.81. The molecule has 0 amide bonds. The van der Waals surface area contributed by atoms with Crippen LogP contribution >= 0.6 is 0 Å². The molecule has 2 aromatic rings. The van der Waals surface area contributed by atoms with Crippen molar-refractivity contribution in [3.8, 4) is 0 Å². The topological polar surface area (TPSA) is 58.9 Å². The Balaban J connectivity index is 1.59. The van der Waals surface area contributed by atoms with Crippen LogP contribution in [0, 0.1) is 0 Å². The zero-order valence-electron chi connectivity index (χ0n) is 13.2. The van der Waals surface area contributed by atoms with E-state index in [-0.39, 0.29) is 17.6 Å². The minimum atomic E-state index is -2.59. The van der Waals surface area contributed by atoms with Gasteiger partial charge in [-0.05, 0) is 6.42 Å². The first-order valence-electron chi connectivity index (χ1n) is 7.71. The highest BCUT2D eigenvalue weighted by Gasteiger charge is 2.32. The van der Waals surface area contributed by atoms with Gasteiger partial charge in [0, 0.05) is 51.0 Å². The van der Waals surface area contributed by atoms with E-state index in [1.54, 1.807) is 6.20 Å². The summed E-state index contributed by atoms with van der Waals surface area (Å²) < 4.78 is 40.7. The second-order valence-electron chi connectivity index (χ2n) is 5.89. The van der Waals surface area contributed by atoms with E-state index in [0.29, 0.717) is 26.1 Å². The number of anilines is 1. The molecule has 0 aromatic carbocycles. The first-order valence-corrected chi connectivity index (χ1v) is 7.71. The van der Waals surface area contributed by atoms with E-state index in [1.165, 1.54) is 0 Å². The summed E-state index contributed by atoms with van der Waals surface area (Å²) in [5.41, 5.74) is -0.221. The molecule has 9 heteroatoms. The number of nitrogens with zero attached hydrogens (tertiary/aromatic N) is 5. The Morgan fingerprint density at radius 2 is 2.04 bits per heavy atom. The predicted molar refractivity (Wildman–Crippen MR) is 82.4 cm³/mol. The van der Waals surface area contributed by atoms with Crippen LogP contribution in [0.4, 0.5) is 19.1 Å². The Morgan fingerprint density at radius 3 is 2.67 bits per heavy atom. The molecule has 1 N–H and O–H groups in total. The number of imidazole rings is 1. The molecule has 6 nitrogen and oxygen atoms in total. The van der Waals surface area contributed by atoms with Gasteiger partial charge in [0.15, 0.2) is 0 Å². The molecule has 2 atom stereocenters. The lowest BCUT2D eigenvalue weighted by Crippen LogP contribution is -2.35. The number of rotatable bonds is 6. The van der Waals surface area contributed by atoms with Crippen LogP contribution in [-0.4, -0.2) is 49.7 Å². The maximum atomic E-state index is 13.8. The summed E-state index contributed by atoms with van der Waals surface area (Å²) >= 11 is 0. The van der Waals surface area contributed by atoms with Gasteiger partial charge in [0.2, 0.25) is 5.95 Å². The van der Waals surface area contributed by atoms with Crippen LogP contribution < -0.4 is 5.32 Å². The molecule has 0 unspecified atom stereocenters. The summed E-state index contributed by atoms with van der Waals surface area (Å²) in [5.74, 6) is 1.13. The van der Waals surface area contributed by atoms with E-state index in [0.717, 1.165) is 18.2 Å². The van der Waals surface area contributed by atoms with E-state index < -0.39 is 12.6 Å². The number of likely N-dealkylation sites (tertiary alicyclic amines) is 1. The highest BCUT2D eigenvalue weighted by atomic mass is 19.3. The van der Waals surface area contributed by atoms with Crippen LogP contribution in [0.3, 0.4) is 0 Å². The molecule has 130 valence electrons. The monoisotopic (exact) mass is 340 g/mol. The second-order valence-corrected chi connectivity index (χ2v) is 5.89. The minimum Gasteiger partial charge on any atom is -0.353 e. The maximum absolute atomic E-state index is 13.8. The number of hydrogen-bond acceptors (Lipinski definition) is 5. The Kier molecular flexibility index (Phi) is 4.98. The molecule has 0 spiro atoms. The summed E-state index contributed by atoms with van der Waals surface area (Å²) in [6, 6.07) is -0.0323. The van der Waals surface area contributed by atoms with E-state index in [4.69, 9.17) is 0 Å². The van der Waals surface area contributed by atoms with Crippen molar-refractivity contribution in [3.05, 3.63) is 36.2 Å². The number of halogens is 3. The fourth-order valence-corrected chi connectivity index (χ4v) is 2.81. The van der Waals surface area contributed by atoms with Crippen molar-refractivity contribution < 1.29 is 13.2 Å². The Morgan fingerprint density at radius 1 is 1.29 bits per heavy atom. The number of aromatic nitrogens is 4. The van der Waals surface area contributed by atoms with Crippen molar-refractivity contribution in [2.45, 2.75) is 31.6 Å². The number of alkyl halides is 3. The molecule has 1 saturated heterocycles. The van der Waals surface area contributed by atoms with Crippen molar-refractivity contribution in [2.24, 2.45) is 7.05 Å². The quantitative estimate of drug-likeness (QED) is 0.873. The lowest BCUT2D eigenvalue weighted by Gasteiger charge is -2.23. The third-order valence-corrected chi connectivity index (χ3v) is 4.16. The van der Waals surface area contributed by atoms with Crippen molar-refractivity contribution >= 4 is 5.95 Å². The predicted octanol–water partition coefficient (Wildman–Crippen LogP) is 2.17. The molecule has 1 fully saturated rings. The first-order chi connectivity index (χ1) is 11.5. The Bertz CT molecular complexity index is 659. The Hall–Kier alpha value is -2.16. The normalized spacial score (nSPS) is 21.5. The molecule has 0 aliphatic carbocycles. The largest absolute Gasteiger partial charge is 0.353 e. The van der Waals surface area contributed by atoms with Crippen LogP contribution in [0.15, 0.2) is 24.8 Å². The summed E-state index contributed by atoms with van der Waals surface area (Å²) in [7, 11) is 1.90. The van der Waals surface area contributed by atoms with Gasteiger partial charge in [-0.25, -0.2) is 28.1 Å². The summed E-state index contributed by atoms with van der Waals surface area (Å²) in [4.78, 5) is 14.0. The van der Waals surface area contributed by atoms with Gasteiger partial charge in [0.25, 0.3) is 6.43 Å². The third kappa shape index (κ3) is 3.84. The highest BCUT2D eigenvalue weighted by Crippen LogP contribution is 2.23. The fraction of sp³-hybridized carbons (Fsp3) is 0.533. The van der Waals surface area contributed by atoms with Gasteiger partial charge in [-0.2, -0.15) is 0 Å². The molecule has 24 heavy (non-hydrogen) atoms. The van der Waals surface area contributed by atoms with Gasteiger partial charge in [0.1, 0.15) is 12.0 Å². The molecule has 2 aromatic heterocycles. The molecule has 3 rings (SSSR count). The molecule has 0 radical (unpaired) electrons. The molecular weight excluding hydrogens is 321 g/mol. The van der Waals surface area contributed by atoms with Crippen molar-refractivity contribution in [1.29, 1.82) is 0 Å². The van der Waals surface area contributed by atoms with E-state index in [1.807, 2.05) is 22.7 Å². The van der Waals surface area contributed by atoms with Crippen molar-refractivity contribution in [1.82, 2.24) is 24.4 Å². The zero-order chi connectivity index (χ0) is 17.1. The zero-order valence-corrected chi connectivity index (χ0v) is 13.2. The average Bonchev–Trinajstić information content (AvgIpc) is 3.12. The number of aryl methyl sites for hydroxylation is 1. The van der Waals surface area contributed by atoms with E-state index in [9.17, 15) is 13.2 Å². The van der Waals surface area contributed by atoms with Gasteiger partial charge in [0.05, 0.1) is 12.1 Å². The SMILES string of the molecule is Cn1ccnc1CN1C[C@@H](F)C[C@H]1CNc1ncc(C(F)F)cn1. The lowest BCUT2D eigenvalue weighted by atomic mass is 10.2. The first kappa shape index (κ1) is 16.7. The molecule has 1 aliphatic heterocycles. The summed E-state index contributed by atoms with van der Waals surface area (Å²) in [6.07, 6.45) is 2.69. The summed E-state index contributed by atoms with van der Waals surface area (Å²) in [6.45, 7) is 1.35. The molecule has 0 bridgehead atoms. The second kappa shape index (κ2) is 7.16. The van der Waals surface area contributed by atoms with Gasteiger partial charge in [-0.3, -0.25) is 4.90 Å². The number of nitrogens with one attached hydrogen (secondary N) is 1. The van der Waals surface area contributed by atoms with E-state index >= 15 is 0 Å².